The van der Waals surface area contributed by atoms with Crippen LogP contribution in [-0.4, -0.2) is 44.5 Å². The quantitative estimate of drug-likeness (QED) is 0.771. The molecule has 0 unspecified atom stereocenters. The van der Waals surface area contributed by atoms with Gasteiger partial charge in [0.05, 0.1) is 13.7 Å². The standard InChI is InChI=1S/C18H22N2O3S/c1-20(12-13-23-16-8-6-15(22-2)7-9-16)18(21)19-14-4-10-17(24-3)11-5-14/h4-11H,12-13H2,1-3H3,(H,19,21). The van der Waals surface area contributed by atoms with E-state index in [9.17, 15) is 4.79 Å². The first kappa shape index (κ1) is 18.0. The maximum atomic E-state index is 12.1. The minimum atomic E-state index is -0.162. The van der Waals surface area contributed by atoms with Gasteiger partial charge in [-0.1, -0.05) is 0 Å². The molecule has 0 atom stereocenters. The molecule has 0 aromatic heterocycles. The van der Waals surface area contributed by atoms with Gasteiger partial charge in [-0.25, -0.2) is 4.79 Å². The number of nitrogens with zero attached hydrogens (tertiary/aromatic N) is 1. The van der Waals surface area contributed by atoms with Crippen LogP contribution < -0.4 is 14.8 Å². The number of anilines is 1. The van der Waals surface area contributed by atoms with Gasteiger partial charge in [-0.2, -0.15) is 0 Å². The number of amides is 2. The maximum Gasteiger partial charge on any atom is 0.321 e. The van der Waals surface area contributed by atoms with Crippen LogP contribution in [0.2, 0.25) is 0 Å². The fraction of sp³-hybridized carbons (Fsp3) is 0.278. The number of nitrogens with one attached hydrogen (secondary N) is 1. The molecule has 0 radical (unpaired) electrons. The van der Waals surface area contributed by atoms with E-state index >= 15 is 0 Å². The van der Waals surface area contributed by atoms with E-state index in [1.54, 1.807) is 30.8 Å². The summed E-state index contributed by atoms with van der Waals surface area (Å²) in [6.07, 6.45) is 2.02. The number of carbonyl (C=O) groups is 1. The van der Waals surface area contributed by atoms with Gasteiger partial charge >= 0.3 is 6.03 Å². The van der Waals surface area contributed by atoms with Gasteiger partial charge < -0.3 is 19.7 Å². The average molecular weight is 346 g/mol. The van der Waals surface area contributed by atoms with Crippen molar-refractivity contribution >= 4 is 23.5 Å². The Hall–Kier alpha value is -2.34. The Morgan fingerprint density at radius 3 is 2.29 bits per heavy atom. The fourth-order valence-corrected chi connectivity index (χ4v) is 2.38. The van der Waals surface area contributed by atoms with Crippen molar-refractivity contribution in [3.8, 4) is 11.5 Å². The van der Waals surface area contributed by atoms with E-state index in [1.807, 2.05) is 54.8 Å². The van der Waals surface area contributed by atoms with Crippen LogP contribution in [0.5, 0.6) is 11.5 Å². The first-order chi connectivity index (χ1) is 11.6. The molecule has 0 saturated heterocycles. The molecule has 0 heterocycles. The molecule has 2 aromatic rings. The van der Waals surface area contributed by atoms with Crippen LogP contribution in [0.15, 0.2) is 53.4 Å². The van der Waals surface area contributed by atoms with E-state index in [2.05, 4.69) is 5.32 Å². The summed E-state index contributed by atoms with van der Waals surface area (Å²) in [5.74, 6) is 1.53. The van der Waals surface area contributed by atoms with Gasteiger partial charge in [-0.15, -0.1) is 11.8 Å². The van der Waals surface area contributed by atoms with Crippen LogP contribution in [0.25, 0.3) is 0 Å². The van der Waals surface area contributed by atoms with Crippen molar-refractivity contribution in [1.82, 2.24) is 4.90 Å². The van der Waals surface area contributed by atoms with Crippen LogP contribution in [0.3, 0.4) is 0 Å². The molecule has 0 spiro atoms. The van der Waals surface area contributed by atoms with Gasteiger partial charge in [-0.3, -0.25) is 0 Å². The van der Waals surface area contributed by atoms with Crippen molar-refractivity contribution in [1.29, 1.82) is 0 Å². The fourth-order valence-electron chi connectivity index (χ4n) is 1.97. The van der Waals surface area contributed by atoms with Crippen LogP contribution >= 0.6 is 11.8 Å². The predicted molar refractivity (Wildman–Crippen MR) is 98.4 cm³/mol. The van der Waals surface area contributed by atoms with Gasteiger partial charge in [0.2, 0.25) is 0 Å². The number of hydrogen-bond donors (Lipinski definition) is 1. The molecule has 2 rings (SSSR count). The van der Waals surface area contributed by atoms with Gasteiger partial charge in [-0.05, 0) is 54.8 Å². The number of thioether (sulfide) groups is 1. The molecule has 1 N–H and O–H groups in total. The molecule has 5 nitrogen and oxygen atoms in total. The van der Waals surface area contributed by atoms with E-state index < -0.39 is 0 Å². The van der Waals surface area contributed by atoms with Crippen LogP contribution in [-0.2, 0) is 0 Å². The number of benzene rings is 2. The largest absolute Gasteiger partial charge is 0.497 e. The molecule has 2 amide bonds. The molecule has 0 aliphatic carbocycles. The molecule has 24 heavy (non-hydrogen) atoms. The van der Waals surface area contributed by atoms with Gasteiger partial charge in [0.15, 0.2) is 0 Å². The van der Waals surface area contributed by atoms with Gasteiger partial charge in [0.25, 0.3) is 0 Å². The van der Waals surface area contributed by atoms with Crippen LogP contribution in [0.1, 0.15) is 0 Å². The molecular formula is C18H22N2O3S. The summed E-state index contributed by atoms with van der Waals surface area (Å²) in [5.41, 5.74) is 0.778. The lowest BCUT2D eigenvalue weighted by molar-refractivity contribution is 0.207. The second-order valence-electron chi connectivity index (χ2n) is 5.10. The Labute approximate surface area is 146 Å². The molecule has 0 bridgehead atoms. The lowest BCUT2D eigenvalue weighted by Gasteiger charge is -2.18. The van der Waals surface area contributed by atoms with Gasteiger partial charge in [0, 0.05) is 17.6 Å². The van der Waals surface area contributed by atoms with Crippen molar-refractivity contribution in [3.63, 3.8) is 0 Å². The zero-order chi connectivity index (χ0) is 17.4. The predicted octanol–water partition coefficient (Wildman–Crippen LogP) is 3.96. The average Bonchev–Trinajstić information content (AvgIpc) is 2.62. The second kappa shape index (κ2) is 9.08. The van der Waals surface area contributed by atoms with Crippen molar-refractivity contribution in [2.75, 3.05) is 38.9 Å². The lowest BCUT2D eigenvalue weighted by atomic mass is 10.3. The number of likely N-dealkylation sites (N-methyl/N-ethyl adjacent to an activating group) is 1. The van der Waals surface area contributed by atoms with E-state index in [1.165, 1.54) is 0 Å². The topological polar surface area (TPSA) is 50.8 Å². The van der Waals surface area contributed by atoms with E-state index in [0.29, 0.717) is 13.2 Å². The van der Waals surface area contributed by atoms with Crippen molar-refractivity contribution in [2.45, 2.75) is 4.90 Å². The summed E-state index contributed by atoms with van der Waals surface area (Å²) in [4.78, 5) is 14.9. The van der Waals surface area contributed by atoms with Crippen LogP contribution in [0.4, 0.5) is 10.5 Å². The Balaban J connectivity index is 1.76. The molecule has 128 valence electrons. The Bertz CT molecular complexity index is 644. The molecule has 0 aliphatic heterocycles. The third-order valence-corrected chi connectivity index (χ3v) is 4.19. The number of urea groups is 1. The zero-order valence-corrected chi connectivity index (χ0v) is 14.9. The maximum absolute atomic E-state index is 12.1. The highest BCUT2D eigenvalue weighted by molar-refractivity contribution is 7.98. The van der Waals surface area contributed by atoms with E-state index in [4.69, 9.17) is 9.47 Å². The van der Waals surface area contributed by atoms with E-state index in [0.717, 1.165) is 22.1 Å². The first-order valence-electron chi connectivity index (χ1n) is 7.55. The minimum absolute atomic E-state index is 0.162. The Morgan fingerprint density at radius 2 is 1.71 bits per heavy atom. The summed E-state index contributed by atoms with van der Waals surface area (Å²) in [5, 5.41) is 2.86. The van der Waals surface area contributed by atoms with Crippen molar-refractivity contribution in [2.24, 2.45) is 0 Å². The zero-order valence-electron chi connectivity index (χ0n) is 14.1. The summed E-state index contributed by atoms with van der Waals surface area (Å²) in [6.45, 7) is 0.905. The summed E-state index contributed by atoms with van der Waals surface area (Å²) in [7, 11) is 3.36. The molecule has 0 saturated carbocycles. The normalized spacial score (nSPS) is 10.1. The lowest BCUT2D eigenvalue weighted by Crippen LogP contribution is -2.34. The number of methoxy groups -OCH3 is 1. The Kier molecular flexibility index (Phi) is 6.81. The smallest absolute Gasteiger partial charge is 0.321 e. The molecule has 0 fully saturated rings. The highest BCUT2D eigenvalue weighted by atomic mass is 32.2. The van der Waals surface area contributed by atoms with E-state index in [-0.39, 0.29) is 6.03 Å². The molecule has 6 heteroatoms. The number of rotatable bonds is 7. The van der Waals surface area contributed by atoms with Gasteiger partial charge in [0.1, 0.15) is 18.1 Å². The second-order valence-corrected chi connectivity index (χ2v) is 5.98. The number of carbonyl (C=O) groups excluding carboxylic acids is 1. The number of ether oxygens (including phenoxy) is 2. The van der Waals surface area contributed by atoms with Crippen LogP contribution in [0, 0.1) is 0 Å². The number of hydrogen-bond acceptors (Lipinski definition) is 4. The minimum Gasteiger partial charge on any atom is -0.497 e. The SMILES string of the molecule is COc1ccc(OCCN(C)C(=O)Nc2ccc(SC)cc2)cc1. The highest BCUT2D eigenvalue weighted by Crippen LogP contribution is 2.18. The summed E-state index contributed by atoms with van der Waals surface area (Å²) < 4.78 is 10.7. The summed E-state index contributed by atoms with van der Waals surface area (Å²) in [6, 6.07) is 14.9. The highest BCUT2D eigenvalue weighted by Gasteiger charge is 2.08. The molecule has 0 aliphatic rings. The van der Waals surface area contributed by atoms with Crippen molar-refractivity contribution in [3.05, 3.63) is 48.5 Å². The Morgan fingerprint density at radius 1 is 1.08 bits per heavy atom. The monoisotopic (exact) mass is 346 g/mol. The third-order valence-electron chi connectivity index (χ3n) is 3.44. The summed E-state index contributed by atoms with van der Waals surface area (Å²) >= 11 is 1.67. The first-order valence-corrected chi connectivity index (χ1v) is 8.78. The molecular weight excluding hydrogens is 324 g/mol. The van der Waals surface area contributed by atoms with Crippen molar-refractivity contribution < 1.29 is 14.3 Å². The molecule has 2 aromatic carbocycles. The third kappa shape index (κ3) is 5.38.